The van der Waals surface area contributed by atoms with Crippen molar-refractivity contribution in [3.63, 3.8) is 0 Å². The van der Waals surface area contributed by atoms with Crippen LogP contribution in [0.1, 0.15) is 65.2 Å². The molecule has 4 nitrogen and oxygen atoms in total. The summed E-state index contributed by atoms with van der Waals surface area (Å²) in [5.74, 6) is 6.46. The van der Waals surface area contributed by atoms with Gasteiger partial charge in [-0.05, 0) is 44.9 Å². The van der Waals surface area contributed by atoms with E-state index in [9.17, 15) is 0 Å². The molecule has 0 bridgehead atoms. The third kappa shape index (κ3) is 3.73. The van der Waals surface area contributed by atoms with Crippen molar-refractivity contribution in [3.05, 3.63) is 0 Å². The Kier molecular flexibility index (Phi) is 6.27. The molecule has 0 amide bonds. The van der Waals surface area contributed by atoms with Gasteiger partial charge in [0.25, 0.3) is 0 Å². The topological polar surface area (TPSA) is 56.5 Å². The Balaban J connectivity index is 2.01. The fraction of sp³-hybridized carbons (Fsp3) is 1.00. The molecule has 0 aromatic rings. The van der Waals surface area contributed by atoms with Crippen LogP contribution in [0.3, 0.4) is 0 Å². The zero-order chi connectivity index (χ0) is 14.4. The highest BCUT2D eigenvalue weighted by Gasteiger charge is 2.43. The minimum absolute atomic E-state index is 0.154. The molecule has 1 saturated heterocycles. The molecule has 3 atom stereocenters. The van der Waals surface area contributed by atoms with E-state index in [-0.39, 0.29) is 17.7 Å². The monoisotopic (exact) mass is 284 g/mol. The third-order valence-electron chi connectivity index (χ3n) is 5.10. The van der Waals surface area contributed by atoms with Gasteiger partial charge in [-0.15, -0.1) is 0 Å². The number of hydrogen-bond donors (Lipinski definition) is 2. The van der Waals surface area contributed by atoms with Gasteiger partial charge in [0, 0.05) is 13.2 Å². The van der Waals surface area contributed by atoms with Crippen LogP contribution in [0.2, 0.25) is 0 Å². The largest absolute Gasteiger partial charge is 0.377 e. The summed E-state index contributed by atoms with van der Waals surface area (Å²) in [5, 5.41) is 0. The molecule has 3 N–H and O–H groups in total. The molecule has 20 heavy (non-hydrogen) atoms. The van der Waals surface area contributed by atoms with Crippen LogP contribution in [0.15, 0.2) is 0 Å². The van der Waals surface area contributed by atoms with Crippen LogP contribution in [0, 0.1) is 5.92 Å². The Morgan fingerprint density at radius 2 is 2.10 bits per heavy atom. The van der Waals surface area contributed by atoms with Crippen LogP contribution in [-0.4, -0.2) is 31.0 Å². The van der Waals surface area contributed by atoms with E-state index in [2.05, 4.69) is 19.3 Å². The van der Waals surface area contributed by atoms with Crippen molar-refractivity contribution in [3.8, 4) is 0 Å². The lowest BCUT2D eigenvalue weighted by atomic mass is 9.78. The highest BCUT2D eigenvalue weighted by Crippen LogP contribution is 2.43. The van der Waals surface area contributed by atoms with Crippen LogP contribution in [0.5, 0.6) is 0 Å². The molecular weight excluding hydrogens is 252 g/mol. The zero-order valence-electron chi connectivity index (χ0n) is 13.2. The van der Waals surface area contributed by atoms with Gasteiger partial charge in [-0.2, -0.15) is 0 Å². The fourth-order valence-electron chi connectivity index (χ4n) is 4.15. The highest BCUT2D eigenvalue weighted by atomic mass is 16.5. The van der Waals surface area contributed by atoms with Crippen molar-refractivity contribution in [2.24, 2.45) is 11.8 Å². The van der Waals surface area contributed by atoms with Crippen molar-refractivity contribution >= 4 is 0 Å². The van der Waals surface area contributed by atoms with E-state index in [1.807, 2.05) is 0 Å². The molecule has 1 heterocycles. The van der Waals surface area contributed by atoms with Gasteiger partial charge in [0.1, 0.15) is 0 Å². The quantitative estimate of drug-likeness (QED) is 0.557. The van der Waals surface area contributed by atoms with Crippen molar-refractivity contribution in [1.82, 2.24) is 5.43 Å². The molecule has 0 aromatic carbocycles. The first kappa shape index (κ1) is 16.2. The van der Waals surface area contributed by atoms with Gasteiger partial charge >= 0.3 is 0 Å². The number of nitrogens with one attached hydrogen (secondary N) is 1. The molecule has 118 valence electrons. The fourth-order valence-corrected chi connectivity index (χ4v) is 4.15. The lowest BCUT2D eigenvalue weighted by Crippen LogP contribution is -2.53. The summed E-state index contributed by atoms with van der Waals surface area (Å²) in [7, 11) is 0. The normalized spacial score (nSPS) is 28.6. The van der Waals surface area contributed by atoms with Crippen molar-refractivity contribution in [2.75, 3.05) is 13.2 Å². The molecule has 1 aliphatic heterocycles. The molecule has 1 saturated carbocycles. The van der Waals surface area contributed by atoms with Crippen molar-refractivity contribution in [1.29, 1.82) is 0 Å². The number of rotatable bonds is 7. The van der Waals surface area contributed by atoms with E-state index in [4.69, 9.17) is 15.3 Å². The minimum atomic E-state index is 0.154. The molecule has 0 aromatic heterocycles. The summed E-state index contributed by atoms with van der Waals surface area (Å²) in [6.07, 6.45) is 9.79. The van der Waals surface area contributed by atoms with Crippen LogP contribution >= 0.6 is 0 Å². The molecule has 1 aliphatic carbocycles. The number of nitrogens with two attached hydrogens (primary N) is 1. The van der Waals surface area contributed by atoms with E-state index >= 15 is 0 Å². The van der Waals surface area contributed by atoms with Gasteiger partial charge < -0.3 is 9.47 Å². The number of ether oxygens (including phenoxy) is 2. The summed E-state index contributed by atoms with van der Waals surface area (Å²) < 4.78 is 12.1. The first-order valence-corrected chi connectivity index (χ1v) is 8.46. The summed E-state index contributed by atoms with van der Waals surface area (Å²) in [4.78, 5) is 0. The minimum Gasteiger partial charge on any atom is -0.377 e. The first-order chi connectivity index (χ1) is 9.74. The molecule has 0 radical (unpaired) electrons. The molecule has 4 heteroatoms. The predicted molar refractivity (Wildman–Crippen MR) is 81.3 cm³/mol. The van der Waals surface area contributed by atoms with Crippen LogP contribution in [0.4, 0.5) is 0 Å². The Bertz CT molecular complexity index is 274. The first-order valence-electron chi connectivity index (χ1n) is 8.46. The smallest absolute Gasteiger partial charge is 0.0743 e. The second-order valence-electron chi connectivity index (χ2n) is 6.47. The lowest BCUT2D eigenvalue weighted by molar-refractivity contribution is -0.109. The van der Waals surface area contributed by atoms with E-state index < -0.39 is 0 Å². The SMILES string of the molecule is CCCC(OCC)C(NN)C1CCOC2(CCCC2)C1. The maximum Gasteiger partial charge on any atom is 0.0743 e. The summed E-state index contributed by atoms with van der Waals surface area (Å²) >= 11 is 0. The van der Waals surface area contributed by atoms with Gasteiger partial charge in [0.2, 0.25) is 0 Å². The van der Waals surface area contributed by atoms with Gasteiger partial charge in [-0.1, -0.05) is 26.2 Å². The molecule has 2 aliphatic rings. The molecular formula is C16H32N2O2. The summed E-state index contributed by atoms with van der Waals surface area (Å²) in [5.41, 5.74) is 3.22. The van der Waals surface area contributed by atoms with Gasteiger partial charge in [0.15, 0.2) is 0 Å². The summed E-state index contributed by atoms with van der Waals surface area (Å²) in [6, 6.07) is 0.260. The Morgan fingerprint density at radius 1 is 1.35 bits per heavy atom. The Labute approximate surface area is 123 Å². The third-order valence-corrected chi connectivity index (χ3v) is 5.10. The van der Waals surface area contributed by atoms with E-state index in [0.29, 0.717) is 5.92 Å². The second-order valence-corrected chi connectivity index (χ2v) is 6.47. The Morgan fingerprint density at radius 3 is 2.70 bits per heavy atom. The van der Waals surface area contributed by atoms with Crippen molar-refractivity contribution < 1.29 is 9.47 Å². The predicted octanol–water partition coefficient (Wildman–Crippen LogP) is 2.76. The molecule has 1 spiro atoms. The van der Waals surface area contributed by atoms with Gasteiger partial charge in [-0.25, -0.2) is 0 Å². The highest BCUT2D eigenvalue weighted by molar-refractivity contribution is 4.95. The average Bonchev–Trinajstić information content (AvgIpc) is 2.88. The van der Waals surface area contributed by atoms with E-state index in [0.717, 1.165) is 38.9 Å². The van der Waals surface area contributed by atoms with Gasteiger partial charge in [0.05, 0.1) is 17.7 Å². The molecule has 3 unspecified atom stereocenters. The lowest BCUT2D eigenvalue weighted by Gasteiger charge is -2.43. The van der Waals surface area contributed by atoms with Crippen LogP contribution < -0.4 is 11.3 Å². The standard InChI is InChI=1S/C16H32N2O2/c1-3-7-14(19-4-2)15(18-17)13-8-11-20-16(12-13)9-5-6-10-16/h13-15,18H,3-12,17H2,1-2H3. The second kappa shape index (κ2) is 7.74. The Hall–Kier alpha value is -0.160. The average molecular weight is 284 g/mol. The maximum atomic E-state index is 6.14. The number of hydrazine groups is 1. The van der Waals surface area contributed by atoms with Crippen LogP contribution in [-0.2, 0) is 9.47 Å². The van der Waals surface area contributed by atoms with E-state index in [1.54, 1.807) is 0 Å². The van der Waals surface area contributed by atoms with E-state index in [1.165, 1.54) is 25.7 Å². The molecule has 2 rings (SSSR count). The molecule has 2 fully saturated rings. The van der Waals surface area contributed by atoms with Crippen molar-refractivity contribution in [2.45, 2.75) is 83.0 Å². The zero-order valence-corrected chi connectivity index (χ0v) is 13.2. The number of hydrogen-bond acceptors (Lipinski definition) is 4. The van der Waals surface area contributed by atoms with Crippen LogP contribution in [0.25, 0.3) is 0 Å². The summed E-state index contributed by atoms with van der Waals surface area (Å²) in [6.45, 7) is 5.92. The maximum absolute atomic E-state index is 6.14. The van der Waals surface area contributed by atoms with Gasteiger partial charge in [-0.3, -0.25) is 11.3 Å².